The molecule has 1 aliphatic heterocycles. The number of primary amides is 1. The van der Waals surface area contributed by atoms with Crippen LogP contribution >= 0.6 is 11.3 Å². The molecule has 2 N–H and O–H groups in total. The van der Waals surface area contributed by atoms with Crippen LogP contribution in [0, 0.1) is 17.3 Å². The average Bonchev–Trinajstić information content (AvgIpc) is 2.96. The van der Waals surface area contributed by atoms with Gasteiger partial charge in [-0.15, -0.1) is 11.3 Å². The van der Waals surface area contributed by atoms with Gasteiger partial charge >= 0.3 is 0 Å². The highest BCUT2D eigenvalue weighted by atomic mass is 32.1. The number of carbonyl (C=O) groups excluding carboxylic acids is 2. The monoisotopic (exact) mass is 348 g/mol. The molecule has 3 rings (SSSR count). The Bertz CT molecular complexity index is 636. The fourth-order valence-corrected chi connectivity index (χ4v) is 5.12. The lowest BCUT2D eigenvalue weighted by Crippen LogP contribution is -2.42. The SMILES string of the molecule is CC(C)(C)C1CCc2c(C(=O)N3CCC(C(N)=O)CC3)csc2C1. The van der Waals surface area contributed by atoms with Crippen molar-refractivity contribution in [3.05, 3.63) is 21.4 Å². The minimum Gasteiger partial charge on any atom is -0.369 e. The number of carbonyl (C=O) groups is 2. The van der Waals surface area contributed by atoms with Crippen LogP contribution in [-0.2, 0) is 17.6 Å². The van der Waals surface area contributed by atoms with Crippen molar-refractivity contribution in [2.75, 3.05) is 13.1 Å². The highest BCUT2D eigenvalue weighted by Crippen LogP contribution is 2.41. The second-order valence-electron chi connectivity index (χ2n) is 8.33. The molecule has 5 heteroatoms. The van der Waals surface area contributed by atoms with E-state index in [1.165, 1.54) is 10.4 Å². The maximum absolute atomic E-state index is 12.9. The number of rotatable bonds is 2. The van der Waals surface area contributed by atoms with Crippen molar-refractivity contribution < 1.29 is 9.59 Å². The molecule has 0 radical (unpaired) electrons. The largest absolute Gasteiger partial charge is 0.369 e. The van der Waals surface area contributed by atoms with Crippen LogP contribution in [0.3, 0.4) is 0 Å². The van der Waals surface area contributed by atoms with Crippen LogP contribution in [0.15, 0.2) is 5.38 Å². The second kappa shape index (κ2) is 6.51. The first-order valence-corrected chi connectivity index (χ1v) is 9.83. The third-order valence-corrected chi connectivity index (χ3v) is 6.85. The van der Waals surface area contributed by atoms with Gasteiger partial charge in [-0.2, -0.15) is 0 Å². The Morgan fingerprint density at radius 3 is 2.46 bits per heavy atom. The molecule has 2 amide bonds. The standard InChI is InChI=1S/C19H28N2O2S/c1-19(2,3)13-4-5-14-15(11-24-16(14)10-13)18(23)21-8-6-12(7-9-21)17(20)22/h11-13H,4-10H2,1-3H3,(H2,20,22). The predicted octanol–water partition coefficient (Wildman–Crippen LogP) is 3.24. The lowest BCUT2D eigenvalue weighted by Gasteiger charge is -2.34. The quantitative estimate of drug-likeness (QED) is 0.892. The Morgan fingerprint density at radius 1 is 1.21 bits per heavy atom. The highest BCUT2D eigenvalue weighted by Gasteiger charge is 2.33. The summed E-state index contributed by atoms with van der Waals surface area (Å²) in [6, 6.07) is 0. The van der Waals surface area contributed by atoms with Gasteiger partial charge in [0.25, 0.3) is 5.91 Å². The first kappa shape index (κ1) is 17.5. The summed E-state index contributed by atoms with van der Waals surface area (Å²) in [7, 11) is 0. The van der Waals surface area contributed by atoms with Crippen molar-refractivity contribution in [1.29, 1.82) is 0 Å². The van der Waals surface area contributed by atoms with Gasteiger partial charge in [0.15, 0.2) is 0 Å². The molecule has 1 aromatic heterocycles. The lowest BCUT2D eigenvalue weighted by molar-refractivity contribution is -0.123. The van der Waals surface area contributed by atoms with Crippen LogP contribution in [0.1, 0.15) is 60.8 Å². The Hall–Kier alpha value is -1.36. The van der Waals surface area contributed by atoms with Crippen LogP contribution in [0.5, 0.6) is 0 Å². The minimum atomic E-state index is -0.233. The smallest absolute Gasteiger partial charge is 0.254 e. The van der Waals surface area contributed by atoms with Gasteiger partial charge in [0.2, 0.25) is 5.91 Å². The van der Waals surface area contributed by atoms with Gasteiger partial charge in [0, 0.05) is 29.3 Å². The number of hydrogen-bond donors (Lipinski definition) is 1. The van der Waals surface area contributed by atoms with E-state index in [0.29, 0.717) is 37.3 Å². The summed E-state index contributed by atoms with van der Waals surface area (Å²) in [6.45, 7) is 8.21. The first-order chi connectivity index (χ1) is 11.3. The van der Waals surface area contributed by atoms with Crippen molar-refractivity contribution in [3.63, 3.8) is 0 Å². The Balaban J connectivity index is 1.70. The van der Waals surface area contributed by atoms with Crippen LogP contribution in [-0.4, -0.2) is 29.8 Å². The van der Waals surface area contributed by atoms with E-state index in [1.807, 2.05) is 4.90 Å². The summed E-state index contributed by atoms with van der Waals surface area (Å²) >= 11 is 1.75. The number of nitrogens with two attached hydrogens (primary N) is 1. The molecule has 2 heterocycles. The van der Waals surface area contributed by atoms with Crippen molar-refractivity contribution in [3.8, 4) is 0 Å². The molecule has 1 saturated heterocycles. The van der Waals surface area contributed by atoms with Crippen molar-refractivity contribution in [2.45, 2.75) is 52.9 Å². The van der Waals surface area contributed by atoms with Gasteiger partial charge < -0.3 is 10.6 Å². The zero-order chi connectivity index (χ0) is 17.5. The summed E-state index contributed by atoms with van der Waals surface area (Å²) in [6.07, 6.45) is 4.66. The zero-order valence-corrected chi connectivity index (χ0v) is 15.7. The molecular formula is C19H28N2O2S. The van der Waals surface area contributed by atoms with Gasteiger partial charge in [-0.05, 0) is 49.0 Å². The number of thiophene rings is 1. The van der Waals surface area contributed by atoms with Gasteiger partial charge in [-0.25, -0.2) is 0 Å². The number of hydrogen-bond acceptors (Lipinski definition) is 3. The van der Waals surface area contributed by atoms with Crippen molar-refractivity contribution in [2.24, 2.45) is 23.0 Å². The molecule has 1 fully saturated rings. The molecule has 0 bridgehead atoms. The van der Waals surface area contributed by atoms with E-state index < -0.39 is 0 Å². The molecule has 0 aromatic carbocycles. The molecule has 1 aliphatic carbocycles. The number of likely N-dealkylation sites (tertiary alicyclic amines) is 1. The molecule has 1 atom stereocenters. The van der Waals surface area contributed by atoms with Crippen molar-refractivity contribution in [1.82, 2.24) is 4.90 Å². The predicted molar refractivity (Wildman–Crippen MR) is 97.1 cm³/mol. The topological polar surface area (TPSA) is 63.4 Å². The van der Waals surface area contributed by atoms with Gasteiger partial charge in [-0.1, -0.05) is 20.8 Å². The van der Waals surface area contributed by atoms with E-state index >= 15 is 0 Å². The van der Waals surface area contributed by atoms with E-state index in [2.05, 4.69) is 26.2 Å². The van der Waals surface area contributed by atoms with Gasteiger partial charge in [-0.3, -0.25) is 9.59 Å². The summed E-state index contributed by atoms with van der Waals surface area (Å²) in [5.41, 5.74) is 7.89. The van der Waals surface area contributed by atoms with Crippen molar-refractivity contribution >= 4 is 23.2 Å². The average molecular weight is 349 g/mol. The maximum Gasteiger partial charge on any atom is 0.254 e. The van der Waals surface area contributed by atoms with E-state index in [4.69, 9.17) is 5.73 Å². The first-order valence-electron chi connectivity index (χ1n) is 8.95. The van der Waals surface area contributed by atoms with E-state index in [0.717, 1.165) is 24.8 Å². The summed E-state index contributed by atoms with van der Waals surface area (Å²) in [5, 5.41) is 2.05. The van der Waals surface area contributed by atoms with Crippen LogP contribution in [0.2, 0.25) is 0 Å². The van der Waals surface area contributed by atoms with E-state index in [9.17, 15) is 9.59 Å². The molecule has 2 aliphatic rings. The Kier molecular flexibility index (Phi) is 4.73. The number of nitrogens with zero attached hydrogens (tertiary/aromatic N) is 1. The normalized spacial score (nSPS) is 22.3. The molecule has 1 aromatic rings. The highest BCUT2D eigenvalue weighted by molar-refractivity contribution is 7.10. The third kappa shape index (κ3) is 3.37. The van der Waals surface area contributed by atoms with Gasteiger partial charge in [0.1, 0.15) is 0 Å². The summed E-state index contributed by atoms with van der Waals surface area (Å²) in [4.78, 5) is 27.5. The van der Waals surface area contributed by atoms with E-state index in [1.54, 1.807) is 11.3 Å². The number of fused-ring (bicyclic) bond motifs is 1. The van der Waals surface area contributed by atoms with Gasteiger partial charge in [0.05, 0.1) is 5.56 Å². The fourth-order valence-electron chi connectivity index (χ4n) is 3.97. The molecule has 1 unspecified atom stereocenters. The second-order valence-corrected chi connectivity index (χ2v) is 9.29. The third-order valence-electron chi connectivity index (χ3n) is 5.80. The minimum absolute atomic E-state index is 0.0713. The number of piperidine rings is 1. The molecule has 132 valence electrons. The Morgan fingerprint density at radius 2 is 1.88 bits per heavy atom. The molecule has 4 nitrogen and oxygen atoms in total. The Labute approximate surface area is 148 Å². The van der Waals surface area contributed by atoms with Crippen LogP contribution < -0.4 is 5.73 Å². The van der Waals surface area contributed by atoms with E-state index in [-0.39, 0.29) is 17.7 Å². The molecule has 0 saturated carbocycles. The number of amides is 2. The van der Waals surface area contributed by atoms with Crippen LogP contribution in [0.4, 0.5) is 0 Å². The summed E-state index contributed by atoms with van der Waals surface area (Å²) < 4.78 is 0. The summed E-state index contributed by atoms with van der Waals surface area (Å²) in [5.74, 6) is 0.531. The fraction of sp³-hybridized carbons (Fsp3) is 0.684. The molecule has 0 spiro atoms. The van der Waals surface area contributed by atoms with Crippen LogP contribution in [0.25, 0.3) is 0 Å². The zero-order valence-electron chi connectivity index (χ0n) is 14.9. The lowest BCUT2D eigenvalue weighted by atomic mass is 9.72. The maximum atomic E-state index is 12.9. The molecule has 24 heavy (non-hydrogen) atoms. The molecular weight excluding hydrogens is 320 g/mol.